The summed E-state index contributed by atoms with van der Waals surface area (Å²) < 4.78 is 7.25. The van der Waals surface area contributed by atoms with Crippen LogP contribution >= 0.6 is 0 Å². The Kier molecular flexibility index (Phi) is 4.24. The first-order chi connectivity index (χ1) is 10.9. The lowest BCUT2D eigenvalue weighted by molar-refractivity contribution is 0.0184. The Morgan fingerprint density at radius 1 is 1.30 bits per heavy atom. The zero-order chi connectivity index (χ0) is 16.4. The van der Waals surface area contributed by atoms with E-state index < -0.39 is 5.60 Å². The van der Waals surface area contributed by atoms with Gasteiger partial charge in [-0.2, -0.15) is 5.10 Å². The second-order valence-electron chi connectivity index (χ2n) is 7.17. The summed E-state index contributed by atoms with van der Waals surface area (Å²) in [6, 6.07) is 4.04. The summed E-state index contributed by atoms with van der Waals surface area (Å²) >= 11 is 0. The molecular weight excluding hydrogens is 292 g/mol. The highest BCUT2D eigenvalue weighted by Gasteiger charge is 2.27. The van der Waals surface area contributed by atoms with Gasteiger partial charge >= 0.3 is 6.09 Å². The van der Waals surface area contributed by atoms with E-state index in [1.807, 2.05) is 48.5 Å². The molecule has 1 amide bonds. The summed E-state index contributed by atoms with van der Waals surface area (Å²) in [6.07, 6.45) is 6.34. The maximum Gasteiger partial charge on any atom is 0.410 e. The number of likely N-dealkylation sites (tertiary alicyclic amines) is 1. The molecule has 6 nitrogen and oxygen atoms in total. The predicted molar refractivity (Wildman–Crippen MR) is 87.2 cm³/mol. The number of carbonyl (C=O) groups excluding carboxylic acids is 1. The minimum Gasteiger partial charge on any atom is -0.444 e. The number of piperidine rings is 1. The third-order valence-electron chi connectivity index (χ3n) is 4.07. The van der Waals surface area contributed by atoms with Crippen LogP contribution in [0.3, 0.4) is 0 Å². The van der Waals surface area contributed by atoms with Crippen molar-refractivity contribution in [1.82, 2.24) is 19.5 Å². The molecule has 0 aromatic carbocycles. The summed E-state index contributed by atoms with van der Waals surface area (Å²) in [7, 11) is 0. The van der Waals surface area contributed by atoms with Gasteiger partial charge in [0.15, 0.2) is 5.65 Å². The summed E-state index contributed by atoms with van der Waals surface area (Å²) in [5.41, 5.74) is 1.51. The van der Waals surface area contributed by atoms with Crippen molar-refractivity contribution in [2.45, 2.75) is 45.6 Å². The molecule has 1 aliphatic heterocycles. The van der Waals surface area contributed by atoms with Crippen LogP contribution in [0.1, 0.15) is 39.3 Å². The smallest absolute Gasteiger partial charge is 0.410 e. The number of amides is 1. The third kappa shape index (κ3) is 4.00. The van der Waals surface area contributed by atoms with Gasteiger partial charge in [0.2, 0.25) is 0 Å². The Labute approximate surface area is 136 Å². The number of nitrogens with zero attached hydrogens (tertiary/aromatic N) is 4. The lowest BCUT2D eigenvalue weighted by atomic mass is 9.92. The van der Waals surface area contributed by atoms with Crippen molar-refractivity contribution in [3.05, 3.63) is 30.2 Å². The minimum atomic E-state index is -0.432. The SMILES string of the molecule is CC(C)(C)OC(=O)N1CCC(Cc2ccc3nccn3n2)CC1. The molecule has 0 unspecified atom stereocenters. The third-order valence-corrected chi connectivity index (χ3v) is 4.07. The number of imidazole rings is 1. The Morgan fingerprint density at radius 3 is 2.74 bits per heavy atom. The van der Waals surface area contributed by atoms with Gasteiger partial charge < -0.3 is 9.64 Å². The van der Waals surface area contributed by atoms with Crippen molar-refractivity contribution in [3.8, 4) is 0 Å². The number of fused-ring (bicyclic) bond motifs is 1. The van der Waals surface area contributed by atoms with E-state index >= 15 is 0 Å². The number of rotatable bonds is 2. The van der Waals surface area contributed by atoms with Gasteiger partial charge in [-0.05, 0) is 58.1 Å². The van der Waals surface area contributed by atoms with Gasteiger partial charge in [-0.25, -0.2) is 14.3 Å². The largest absolute Gasteiger partial charge is 0.444 e. The van der Waals surface area contributed by atoms with Crippen LogP contribution in [-0.2, 0) is 11.2 Å². The normalized spacial score (nSPS) is 16.7. The van der Waals surface area contributed by atoms with Gasteiger partial charge in [0.25, 0.3) is 0 Å². The Morgan fingerprint density at radius 2 is 2.04 bits per heavy atom. The highest BCUT2D eigenvalue weighted by atomic mass is 16.6. The molecule has 2 aromatic rings. The highest BCUT2D eigenvalue weighted by Crippen LogP contribution is 2.22. The van der Waals surface area contributed by atoms with E-state index in [1.165, 1.54) is 0 Å². The Balaban J connectivity index is 1.53. The molecule has 1 aliphatic rings. The van der Waals surface area contributed by atoms with Gasteiger partial charge in [0.1, 0.15) is 5.60 Å². The predicted octanol–water partition coefficient (Wildman–Crippen LogP) is 2.92. The van der Waals surface area contributed by atoms with Gasteiger partial charge in [-0.15, -0.1) is 0 Å². The highest BCUT2D eigenvalue weighted by molar-refractivity contribution is 5.68. The zero-order valence-electron chi connectivity index (χ0n) is 14.0. The number of aromatic nitrogens is 3. The average molecular weight is 316 g/mol. The lowest BCUT2D eigenvalue weighted by Gasteiger charge is -2.33. The minimum absolute atomic E-state index is 0.200. The fraction of sp³-hybridized carbons (Fsp3) is 0.588. The molecule has 0 saturated carbocycles. The number of hydrogen-bond acceptors (Lipinski definition) is 4. The average Bonchev–Trinajstić information content (AvgIpc) is 2.94. The van der Waals surface area contributed by atoms with Crippen LogP contribution in [-0.4, -0.2) is 44.3 Å². The van der Waals surface area contributed by atoms with Crippen molar-refractivity contribution < 1.29 is 9.53 Å². The second kappa shape index (κ2) is 6.18. The van der Waals surface area contributed by atoms with Crippen LogP contribution in [0.4, 0.5) is 4.79 Å². The maximum absolute atomic E-state index is 12.1. The second-order valence-corrected chi connectivity index (χ2v) is 7.17. The molecule has 0 aliphatic carbocycles. The van der Waals surface area contributed by atoms with E-state index in [0.717, 1.165) is 43.7 Å². The molecule has 6 heteroatoms. The van der Waals surface area contributed by atoms with Crippen molar-refractivity contribution in [3.63, 3.8) is 0 Å². The summed E-state index contributed by atoms with van der Waals surface area (Å²) in [4.78, 5) is 18.1. The Bertz CT molecular complexity index is 681. The van der Waals surface area contributed by atoms with Gasteiger partial charge in [0.05, 0.1) is 5.69 Å². The topological polar surface area (TPSA) is 59.7 Å². The quantitative estimate of drug-likeness (QED) is 0.855. The molecule has 0 spiro atoms. The lowest BCUT2D eigenvalue weighted by Crippen LogP contribution is -2.42. The molecule has 1 saturated heterocycles. The van der Waals surface area contributed by atoms with Crippen molar-refractivity contribution in [2.75, 3.05) is 13.1 Å². The van der Waals surface area contributed by atoms with E-state index in [9.17, 15) is 4.79 Å². The van der Waals surface area contributed by atoms with Gasteiger partial charge in [0, 0.05) is 25.5 Å². The molecular formula is C17H24N4O2. The molecule has 23 heavy (non-hydrogen) atoms. The van der Waals surface area contributed by atoms with Gasteiger partial charge in [-0.3, -0.25) is 0 Å². The first kappa shape index (κ1) is 15.8. The van der Waals surface area contributed by atoms with Crippen LogP contribution in [0, 0.1) is 5.92 Å². The van der Waals surface area contributed by atoms with Crippen molar-refractivity contribution in [1.29, 1.82) is 0 Å². The molecule has 0 N–H and O–H groups in total. The van der Waals surface area contributed by atoms with E-state index in [1.54, 1.807) is 6.20 Å². The molecule has 0 radical (unpaired) electrons. The zero-order valence-corrected chi connectivity index (χ0v) is 14.0. The fourth-order valence-electron chi connectivity index (χ4n) is 2.91. The van der Waals surface area contributed by atoms with Crippen LogP contribution < -0.4 is 0 Å². The summed E-state index contributed by atoms with van der Waals surface area (Å²) in [5, 5.41) is 4.58. The number of hydrogen-bond donors (Lipinski definition) is 0. The first-order valence-electron chi connectivity index (χ1n) is 8.18. The van der Waals surface area contributed by atoms with Crippen LogP contribution in [0.5, 0.6) is 0 Å². The monoisotopic (exact) mass is 316 g/mol. The van der Waals surface area contributed by atoms with E-state index in [4.69, 9.17) is 4.74 Å². The molecule has 0 bridgehead atoms. The van der Waals surface area contributed by atoms with E-state index in [-0.39, 0.29) is 6.09 Å². The molecule has 0 atom stereocenters. The maximum atomic E-state index is 12.1. The van der Waals surface area contributed by atoms with Gasteiger partial charge in [-0.1, -0.05) is 0 Å². The van der Waals surface area contributed by atoms with Crippen LogP contribution in [0.2, 0.25) is 0 Å². The molecule has 3 heterocycles. The molecule has 1 fully saturated rings. The van der Waals surface area contributed by atoms with Crippen molar-refractivity contribution in [2.24, 2.45) is 5.92 Å². The Hall–Kier alpha value is -2.11. The standard InChI is InChI=1S/C17H24N4O2/c1-17(2,3)23-16(22)20-9-6-13(7-10-20)12-14-4-5-15-18-8-11-21(15)19-14/h4-5,8,11,13H,6-7,9-10,12H2,1-3H3. The number of carbonyl (C=O) groups is 1. The fourth-order valence-corrected chi connectivity index (χ4v) is 2.91. The molecule has 2 aromatic heterocycles. The number of ether oxygens (including phenoxy) is 1. The van der Waals surface area contributed by atoms with Crippen LogP contribution in [0.15, 0.2) is 24.5 Å². The van der Waals surface area contributed by atoms with E-state index in [0.29, 0.717) is 5.92 Å². The van der Waals surface area contributed by atoms with Crippen molar-refractivity contribution >= 4 is 11.7 Å². The first-order valence-corrected chi connectivity index (χ1v) is 8.18. The van der Waals surface area contributed by atoms with E-state index in [2.05, 4.69) is 10.1 Å². The molecule has 3 rings (SSSR count). The summed E-state index contributed by atoms with van der Waals surface area (Å²) in [6.45, 7) is 7.21. The summed E-state index contributed by atoms with van der Waals surface area (Å²) in [5.74, 6) is 0.558. The molecule has 124 valence electrons. The van der Waals surface area contributed by atoms with Crippen LogP contribution in [0.25, 0.3) is 5.65 Å².